The average Bonchev–Trinajstić information content (AvgIpc) is 2.72. The van der Waals surface area contributed by atoms with Crippen molar-refractivity contribution in [2.75, 3.05) is 25.5 Å². The molecule has 0 spiro atoms. The molecule has 30 heavy (non-hydrogen) atoms. The van der Waals surface area contributed by atoms with Crippen LogP contribution in [0.5, 0.6) is 5.75 Å². The molecule has 3 rings (SSSR count). The van der Waals surface area contributed by atoms with Crippen LogP contribution >= 0.6 is 0 Å². The number of ether oxygens (including phenoxy) is 2. The fraction of sp³-hybridized carbons (Fsp3) is 0.318. The molecule has 2 aromatic rings. The molecule has 2 aromatic carbocycles. The van der Waals surface area contributed by atoms with Crippen LogP contribution in [0.15, 0.2) is 59.5 Å². The second-order valence-electron chi connectivity index (χ2n) is 7.20. The predicted octanol–water partition coefficient (Wildman–Crippen LogP) is 3.15. The first-order valence-electron chi connectivity index (χ1n) is 9.67. The summed E-state index contributed by atoms with van der Waals surface area (Å²) in [5.74, 6) is 0.391. The molecule has 7 nitrogen and oxygen atoms in total. The number of benzene rings is 2. The van der Waals surface area contributed by atoms with Gasteiger partial charge >= 0.3 is 0 Å². The number of nitrogens with zero attached hydrogens (tertiary/aromatic N) is 1. The summed E-state index contributed by atoms with van der Waals surface area (Å²) in [4.78, 5) is 12.4. The van der Waals surface area contributed by atoms with Crippen LogP contribution in [0.25, 0.3) is 6.08 Å². The zero-order chi connectivity index (χ0) is 21.7. The maximum atomic E-state index is 12.9. The van der Waals surface area contributed by atoms with Gasteiger partial charge < -0.3 is 14.8 Å². The Hall–Kier alpha value is -2.68. The van der Waals surface area contributed by atoms with Gasteiger partial charge in [-0.3, -0.25) is 4.79 Å². The quantitative estimate of drug-likeness (QED) is 0.712. The third-order valence-electron chi connectivity index (χ3n) is 4.67. The molecule has 0 unspecified atom stereocenters. The van der Waals surface area contributed by atoms with E-state index >= 15 is 0 Å². The second kappa shape index (κ2) is 9.42. The topological polar surface area (TPSA) is 84.9 Å². The van der Waals surface area contributed by atoms with Crippen LogP contribution in [0.1, 0.15) is 19.4 Å². The highest BCUT2D eigenvalue weighted by Gasteiger charge is 2.32. The lowest BCUT2D eigenvalue weighted by atomic mass is 10.2. The van der Waals surface area contributed by atoms with Gasteiger partial charge in [0.1, 0.15) is 5.75 Å². The van der Waals surface area contributed by atoms with Crippen LogP contribution in [-0.4, -0.2) is 51.0 Å². The number of carbonyl (C=O) groups excluding carboxylic acids is 1. The fourth-order valence-corrected chi connectivity index (χ4v) is 4.88. The lowest BCUT2D eigenvalue weighted by Crippen LogP contribution is -2.48. The number of methoxy groups -OCH3 is 1. The van der Waals surface area contributed by atoms with Gasteiger partial charge in [-0.25, -0.2) is 8.42 Å². The summed E-state index contributed by atoms with van der Waals surface area (Å²) in [5, 5.41) is 2.73. The second-order valence-corrected chi connectivity index (χ2v) is 9.14. The summed E-state index contributed by atoms with van der Waals surface area (Å²) in [6.45, 7) is 4.35. The average molecular weight is 431 g/mol. The molecule has 1 amide bonds. The van der Waals surface area contributed by atoms with Crippen molar-refractivity contribution in [2.24, 2.45) is 0 Å². The molecular formula is C22H26N2O5S. The highest BCUT2D eigenvalue weighted by atomic mass is 32.2. The van der Waals surface area contributed by atoms with Gasteiger partial charge in [0.2, 0.25) is 15.9 Å². The van der Waals surface area contributed by atoms with Gasteiger partial charge in [0, 0.05) is 24.9 Å². The number of sulfonamides is 1. The van der Waals surface area contributed by atoms with Crippen molar-refractivity contribution in [3.8, 4) is 5.75 Å². The summed E-state index contributed by atoms with van der Waals surface area (Å²) >= 11 is 0. The Morgan fingerprint density at radius 1 is 1.13 bits per heavy atom. The number of hydrogen-bond donors (Lipinski definition) is 1. The first-order chi connectivity index (χ1) is 14.3. The molecule has 1 heterocycles. The van der Waals surface area contributed by atoms with Crippen LogP contribution in [0.2, 0.25) is 0 Å². The van der Waals surface area contributed by atoms with Gasteiger partial charge in [0.25, 0.3) is 0 Å². The van der Waals surface area contributed by atoms with E-state index in [1.54, 1.807) is 25.3 Å². The van der Waals surface area contributed by atoms with Crippen LogP contribution in [0, 0.1) is 0 Å². The van der Waals surface area contributed by atoms with E-state index in [0.717, 1.165) is 5.56 Å². The lowest BCUT2D eigenvalue weighted by Gasteiger charge is -2.34. The maximum Gasteiger partial charge on any atom is 0.248 e. The van der Waals surface area contributed by atoms with Gasteiger partial charge in [-0.05, 0) is 61.9 Å². The van der Waals surface area contributed by atoms with E-state index in [9.17, 15) is 13.2 Å². The Bertz CT molecular complexity index is 1010. The molecule has 0 radical (unpaired) electrons. The van der Waals surface area contributed by atoms with Crippen molar-refractivity contribution >= 4 is 27.7 Å². The van der Waals surface area contributed by atoms with E-state index in [1.807, 2.05) is 38.1 Å². The van der Waals surface area contributed by atoms with Crippen molar-refractivity contribution in [2.45, 2.75) is 31.0 Å². The summed E-state index contributed by atoms with van der Waals surface area (Å²) in [7, 11) is -2.03. The zero-order valence-electron chi connectivity index (χ0n) is 17.2. The number of amides is 1. The Kier molecular flexibility index (Phi) is 6.91. The number of nitrogens with one attached hydrogen (secondary N) is 1. The van der Waals surface area contributed by atoms with Crippen LogP contribution in [0.3, 0.4) is 0 Å². The first-order valence-corrected chi connectivity index (χ1v) is 11.1. The Morgan fingerprint density at radius 2 is 1.80 bits per heavy atom. The standard InChI is InChI=1S/C22H26N2O5S/c1-16-14-24(15-17(2)29-16)30(26,27)21-10-8-19(9-11-21)23-22(25)12-7-18-5-4-6-20(13-18)28-3/h4-13,16-17H,14-15H2,1-3H3,(H,23,25)/b12-7+/t16-,17+. The Morgan fingerprint density at radius 3 is 2.43 bits per heavy atom. The van der Waals surface area contributed by atoms with Crippen molar-refractivity contribution in [1.29, 1.82) is 0 Å². The van der Waals surface area contributed by atoms with E-state index in [4.69, 9.17) is 9.47 Å². The van der Waals surface area contributed by atoms with E-state index in [2.05, 4.69) is 5.32 Å². The van der Waals surface area contributed by atoms with Crippen LogP contribution < -0.4 is 10.1 Å². The van der Waals surface area contributed by atoms with E-state index in [1.165, 1.54) is 22.5 Å². The first kappa shape index (κ1) is 22.0. The van der Waals surface area contributed by atoms with E-state index in [-0.39, 0.29) is 23.0 Å². The van der Waals surface area contributed by atoms with Crippen molar-refractivity contribution < 1.29 is 22.7 Å². The lowest BCUT2D eigenvalue weighted by molar-refractivity contribution is -0.111. The molecule has 0 aliphatic carbocycles. The SMILES string of the molecule is COc1cccc(/C=C/C(=O)Nc2ccc(S(=O)(=O)N3C[C@@H](C)O[C@@H](C)C3)cc2)c1. The summed E-state index contributed by atoms with van der Waals surface area (Å²) in [6.07, 6.45) is 2.78. The molecule has 1 N–H and O–H groups in total. The largest absolute Gasteiger partial charge is 0.497 e. The molecule has 0 bridgehead atoms. The minimum Gasteiger partial charge on any atom is -0.497 e. The summed E-state index contributed by atoms with van der Waals surface area (Å²) in [5.41, 5.74) is 1.35. The van der Waals surface area contributed by atoms with Crippen molar-refractivity contribution in [3.05, 3.63) is 60.2 Å². The number of morpholine rings is 1. The molecule has 1 fully saturated rings. The molecule has 160 valence electrons. The predicted molar refractivity (Wildman–Crippen MR) is 116 cm³/mol. The van der Waals surface area contributed by atoms with Gasteiger partial charge in [0.15, 0.2) is 0 Å². The monoisotopic (exact) mass is 430 g/mol. The molecule has 8 heteroatoms. The van der Waals surface area contributed by atoms with Gasteiger partial charge in [-0.2, -0.15) is 4.31 Å². The highest BCUT2D eigenvalue weighted by Crippen LogP contribution is 2.22. The van der Waals surface area contributed by atoms with E-state index < -0.39 is 10.0 Å². The highest BCUT2D eigenvalue weighted by molar-refractivity contribution is 7.89. The molecule has 0 saturated carbocycles. The van der Waals surface area contributed by atoms with Crippen LogP contribution in [-0.2, 0) is 19.6 Å². The fourth-order valence-electron chi connectivity index (χ4n) is 3.29. The van der Waals surface area contributed by atoms with Crippen molar-refractivity contribution in [1.82, 2.24) is 4.31 Å². The summed E-state index contributed by atoms with van der Waals surface area (Å²) < 4.78 is 38.0. The molecule has 1 aliphatic heterocycles. The minimum atomic E-state index is -3.61. The molecule has 0 aromatic heterocycles. The normalized spacial score (nSPS) is 20.2. The smallest absolute Gasteiger partial charge is 0.248 e. The maximum absolute atomic E-state index is 12.9. The van der Waals surface area contributed by atoms with E-state index in [0.29, 0.717) is 24.5 Å². The number of anilines is 1. The van der Waals surface area contributed by atoms with Crippen LogP contribution in [0.4, 0.5) is 5.69 Å². The molecule has 1 saturated heterocycles. The third kappa shape index (κ3) is 5.47. The molecule has 1 aliphatic rings. The number of hydrogen-bond acceptors (Lipinski definition) is 5. The zero-order valence-corrected chi connectivity index (χ0v) is 18.1. The number of rotatable bonds is 6. The third-order valence-corrected chi connectivity index (χ3v) is 6.51. The van der Waals surface area contributed by atoms with Gasteiger partial charge in [-0.1, -0.05) is 12.1 Å². The number of carbonyl (C=O) groups is 1. The Balaban J connectivity index is 1.65. The van der Waals surface area contributed by atoms with Gasteiger partial charge in [-0.15, -0.1) is 0 Å². The van der Waals surface area contributed by atoms with Crippen molar-refractivity contribution in [3.63, 3.8) is 0 Å². The van der Waals surface area contributed by atoms with Gasteiger partial charge in [0.05, 0.1) is 24.2 Å². The molecule has 2 atom stereocenters. The Labute approximate surface area is 177 Å². The molecular weight excluding hydrogens is 404 g/mol. The summed E-state index contributed by atoms with van der Waals surface area (Å²) in [6, 6.07) is 13.5. The minimum absolute atomic E-state index is 0.154.